The minimum Gasteiger partial charge on any atom is -0.322 e. The number of nitrogens with one attached hydrogen (secondary N) is 3. The van der Waals surface area contributed by atoms with Crippen molar-refractivity contribution in [3.05, 3.63) is 64.1 Å². The molecule has 1 amide bonds. The van der Waals surface area contributed by atoms with Crippen LogP contribution in [0.3, 0.4) is 0 Å². The van der Waals surface area contributed by atoms with Crippen LogP contribution >= 0.6 is 11.6 Å². The van der Waals surface area contributed by atoms with Gasteiger partial charge < -0.3 is 15.3 Å². The van der Waals surface area contributed by atoms with Gasteiger partial charge in [0.15, 0.2) is 0 Å². The first kappa shape index (κ1) is 13.5. The van der Waals surface area contributed by atoms with E-state index in [1.54, 1.807) is 30.3 Å². The second-order valence-electron chi connectivity index (χ2n) is 4.62. The van der Waals surface area contributed by atoms with Crippen LogP contribution in [-0.4, -0.2) is 15.9 Å². The third-order valence-corrected chi connectivity index (χ3v) is 3.45. The van der Waals surface area contributed by atoms with E-state index in [-0.39, 0.29) is 11.6 Å². The van der Waals surface area contributed by atoms with Gasteiger partial charge in [0.25, 0.3) is 5.91 Å². The number of benzene rings is 2. The van der Waals surface area contributed by atoms with E-state index in [2.05, 4.69) is 15.3 Å². The van der Waals surface area contributed by atoms with Gasteiger partial charge >= 0.3 is 5.69 Å². The number of carbonyl (C=O) groups is 1. The Morgan fingerprint density at radius 1 is 1.05 bits per heavy atom. The molecule has 106 valence electrons. The van der Waals surface area contributed by atoms with Crippen LogP contribution in [0.4, 0.5) is 5.69 Å². The Labute approximate surface area is 125 Å². The fourth-order valence-corrected chi connectivity index (χ4v) is 2.24. The first-order chi connectivity index (χ1) is 10.2. The van der Waals surface area contributed by atoms with Crippen molar-refractivity contribution in [2.75, 3.05) is 5.32 Å². The number of hydrogen-bond donors (Lipinski definition) is 3. The van der Waals surface area contributed by atoms with Gasteiger partial charge in [-0.15, -0.1) is 11.6 Å². The fraction of sp³-hybridized carbons (Fsp3) is 0.0667. The summed E-state index contributed by atoms with van der Waals surface area (Å²) >= 11 is 5.71. The predicted molar refractivity (Wildman–Crippen MR) is 82.9 cm³/mol. The summed E-state index contributed by atoms with van der Waals surface area (Å²) in [5, 5.41) is 2.79. The highest BCUT2D eigenvalue weighted by molar-refractivity contribution is 6.17. The molecule has 0 atom stereocenters. The van der Waals surface area contributed by atoms with Crippen LogP contribution in [-0.2, 0) is 5.88 Å². The van der Waals surface area contributed by atoms with Gasteiger partial charge in [0.2, 0.25) is 0 Å². The maximum absolute atomic E-state index is 12.1. The van der Waals surface area contributed by atoms with Gasteiger partial charge in [-0.25, -0.2) is 4.79 Å². The number of aromatic amines is 2. The minimum absolute atomic E-state index is 0.214. The highest BCUT2D eigenvalue weighted by atomic mass is 35.5. The van der Waals surface area contributed by atoms with Crippen LogP contribution in [0, 0.1) is 0 Å². The van der Waals surface area contributed by atoms with E-state index in [4.69, 9.17) is 11.6 Å². The molecular weight excluding hydrogens is 290 g/mol. The summed E-state index contributed by atoms with van der Waals surface area (Å²) in [6, 6.07) is 12.3. The monoisotopic (exact) mass is 301 g/mol. The summed E-state index contributed by atoms with van der Waals surface area (Å²) in [4.78, 5) is 28.6. The molecule has 5 nitrogen and oxygen atoms in total. The molecule has 0 bridgehead atoms. The van der Waals surface area contributed by atoms with Crippen LogP contribution in [0.2, 0.25) is 0 Å². The quantitative estimate of drug-likeness (QED) is 0.650. The molecule has 0 spiro atoms. The molecule has 0 fully saturated rings. The summed E-state index contributed by atoms with van der Waals surface area (Å²) < 4.78 is 0. The minimum atomic E-state index is -0.273. The van der Waals surface area contributed by atoms with Crippen molar-refractivity contribution >= 4 is 34.2 Å². The van der Waals surface area contributed by atoms with Crippen LogP contribution in [0.5, 0.6) is 0 Å². The number of halogens is 1. The molecule has 0 saturated carbocycles. The van der Waals surface area contributed by atoms with Gasteiger partial charge in [-0.05, 0) is 35.9 Å². The molecule has 1 heterocycles. The number of rotatable bonds is 3. The molecule has 0 aliphatic carbocycles. The smallest absolute Gasteiger partial charge is 0.322 e. The van der Waals surface area contributed by atoms with Crippen molar-refractivity contribution in [2.24, 2.45) is 0 Å². The Kier molecular flexibility index (Phi) is 3.50. The van der Waals surface area contributed by atoms with E-state index >= 15 is 0 Å². The van der Waals surface area contributed by atoms with Gasteiger partial charge in [0.05, 0.1) is 11.0 Å². The normalized spacial score (nSPS) is 10.7. The average molecular weight is 302 g/mol. The Balaban J connectivity index is 1.82. The lowest BCUT2D eigenvalue weighted by Gasteiger charge is -2.06. The summed E-state index contributed by atoms with van der Waals surface area (Å²) in [5.41, 5.74) is 3.19. The van der Waals surface area contributed by atoms with Crippen molar-refractivity contribution in [2.45, 2.75) is 5.88 Å². The third-order valence-electron chi connectivity index (χ3n) is 3.14. The van der Waals surface area contributed by atoms with Crippen LogP contribution < -0.4 is 11.0 Å². The van der Waals surface area contributed by atoms with Crippen LogP contribution in [0.25, 0.3) is 11.0 Å². The van der Waals surface area contributed by atoms with Crippen LogP contribution in [0.15, 0.2) is 47.3 Å². The van der Waals surface area contributed by atoms with Crippen molar-refractivity contribution in [3.8, 4) is 0 Å². The number of amides is 1. The number of hydrogen-bond acceptors (Lipinski definition) is 2. The fourth-order valence-electron chi connectivity index (χ4n) is 2.06. The maximum Gasteiger partial charge on any atom is 0.323 e. The molecule has 3 rings (SSSR count). The van der Waals surface area contributed by atoms with Crippen molar-refractivity contribution in [1.29, 1.82) is 0 Å². The topological polar surface area (TPSA) is 77.8 Å². The van der Waals surface area contributed by atoms with Crippen molar-refractivity contribution < 1.29 is 4.79 Å². The van der Waals surface area contributed by atoms with E-state index in [0.29, 0.717) is 28.2 Å². The Morgan fingerprint density at radius 2 is 1.76 bits per heavy atom. The molecule has 0 saturated heterocycles. The molecule has 3 aromatic rings. The number of H-pyrrole nitrogens is 2. The zero-order valence-corrected chi connectivity index (χ0v) is 11.7. The molecule has 2 aromatic carbocycles. The van der Waals surface area contributed by atoms with Gasteiger partial charge in [0.1, 0.15) is 0 Å². The van der Waals surface area contributed by atoms with E-state index < -0.39 is 0 Å². The molecule has 3 N–H and O–H groups in total. The molecular formula is C15H12ClN3O2. The van der Waals surface area contributed by atoms with Gasteiger partial charge in [-0.1, -0.05) is 12.1 Å². The second-order valence-corrected chi connectivity index (χ2v) is 4.89. The number of aromatic nitrogens is 2. The van der Waals surface area contributed by atoms with Gasteiger partial charge in [0, 0.05) is 17.1 Å². The van der Waals surface area contributed by atoms with Gasteiger partial charge in [-0.2, -0.15) is 0 Å². The summed E-state index contributed by atoms with van der Waals surface area (Å²) in [6.45, 7) is 0. The van der Waals surface area contributed by atoms with Gasteiger partial charge in [-0.3, -0.25) is 4.79 Å². The van der Waals surface area contributed by atoms with E-state index in [9.17, 15) is 9.59 Å². The highest BCUT2D eigenvalue weighted by Crippen LogP contribution is 2.16. The van der Waals surface area contributed by atoms with E-state index in [1.165, 1.54) is 0 Å². The summed E-state index contributed by atoms with van der Waals surface area (Å²) in [7, 11) is 0. The van der Waals surface area contributed by atoms with E-state index in [0.717, 1.165) is 5.56 Å². The lowest BCUT2D eigenvalue weighted by molar-refractivity contribution is 0.102. The first-order valence-electron chi connectivity index (χ1n) is 6.34. The molecule has 6 heteroatoms. The summed E-state index contributed by atoms with van der Waals surface area (Å²) in [5.74, 6) is 0.202. The van der Waals surface area contributed by atoms with Crippen molar-refractivity contribution in [1.82, 2.24) is 9.97 Å². The van der Waals surface area contributed by atoms with Crippen molar-refractivity contribution in [3.63, 3.8) is 0 Å². The molecule has 0 aliphatic rings. The summed E-state index contributed by atoms with van der Waals surface area (Å²) in [6.07, 6.45) is 0. The molecule has 1 aromatic heterocycles. The zero-order valence-electron chi connectivity index (χ0n) is 10.9. The Hall–Kier alpha value is -2.53. The molecule has 21 heavy (non-hydrogen) atoms. The average Bonchev–Trinajstić information content (AvgIpc) is 2.86. The predicted octanol–water partition coefficient (Wildman–Crippen LogP) is 2.85. The maximum atomic E-state index is 12.1. The second kappa shape index (κ2) is 5.46. The first-order valence-corrected chi connectivity index (χ1v) is 6.87. The SMILES string of the molecule is O=C(Nc1ccc2[nH]c(=O)[nH]c2c1)c1ccc(CCl)cc1. The lowest BCUT2D eigenvalue weighted by Crippen LogP contribution is -2.11. The van der Waals surface area contributed by atoms with E-state index in [1.807, 2.05) is 12.1 Å². The molecule has 0 aliphatic heterocycles. The molecule has 0 unspecified atom stereocenters. The zero-order chi connectivity index (χ0) is 14.8. The number of fused-ring (bicyclic) bond motifs is 1. The Morgan fingerprint density at radius 3 is 2.48 bits per heavy atom. The molecule has 0 radical (unpaired) electrons. The lowest BCUT2D eigenvalue weighted by atomic mass is 10.1. The Bertz CT molecular complexity index is 849. The number of carbonyl (C=O) groups excluding carboxylic acids is 1. The largest absolute Gasteiger partial charge is 0.323 e. The standard InChI is InChI=1S/C15H12ClN3O2/c16-8-9-1-3-10(4-2-9)14(20)17-11-5-6-12-13(7-11)19-15(21)18-12/h1-7H,8H2,(H,17,20)(H2,18,19,21). The number of alkyl halides is 1. The third kappa shape index (κ3) is 2.83. The number of anilines is 1. The van der Waals surface area contributed by atoms with Crippen LogP contribution in [0.1, 0.15) is 15.9 Å². The number of imidazole rings is 1. The highest BCUT2D eigenvalue weighted by Gasteiger charge is 2.07.